The fourth-order valence-corrected chi connectivity index (χ4v) is 10.9. The van der Waals surface area contributed by atoms with Crippen molar-refractivity contribution in [1.82, 2.24) is 9.13 Å². The van der Waals surface area contributed by atoms with Crippen molar-refractivity contribution in [3.8, 4) is 22.5 Å². The smallest absolute Gasteiger partial charge is 0.0547 e. The Kier molecular flexibility index (Phi) is 6.86. The summed E-state index contributed by atoms with van der Waals surface area (Å²) in [6.07, 6.45) is 0. The van der Waals surface area contributed by atoms with Crippen LogP contribution in [0.15, 0.2) is 218 Å². The summed E-state index contributed by atoms with van der Waals surface area (Å²) >= 11 is 0. The lowest BCUT2D eigenvalue weighted by molar-refractivity contribution is 1.20. The van der Waals surface area contributed by atoms with Gasteiger partial charge in [-0.3, -0.25) is 0 Å². The van der Waals surface area contributed by atoms with Crippen LogP contribution in [0.4, 0.5) is 0 Å². The molecule has 2 heteroatoms. The normalized spacial score (nSPS) is 12.2. The second-order valence-electron chi connectivity index (χ2n) is 16.8. The van der Waals surface area contributed by atoms with Crippen molar-refractivity contribution >= 4 is 108 Å². The van der Waals surface area contributed by atoms with Crippen molar-refractivity contribution in [2.24, 2.45) is 0 Å². The fraction of sp³-hybridized carbons (Fsp3) is 0. The van der Waals surface area contributed by atoms with Gasteiger partial charge in [0.05, 0.1) is 33.4 Å². The van der Waals surface area contributed by atoms with Crippen LogP contribution in [0.1, 0.15) is 0 Å². The lowest BCUT2D eigenvalue weighted by Gasteiger charge is -2.16. The molecule has 2 heterocycles. The molecule has 0 fully saturated rings. The molecule has 2 nitrogen and oxygen atoms in total. The summed E-state index contributed by atoms with van der Waals surface area (Å²) in [6, 6.07) is 81.2. The number of nitrogens with zero attached hydrogens (tertiary/aromatic N) is 2. The van der Waals surface area contributed by atoms with Crippen molar-refractivity contribution in [1.29, 1.82) is 0 Å². The first kappa shape index (κ1) is 33.6. The van der Waals surface area contributed by atoms with Crippen molar-refractivity contribution in [3.63, 3.8) is 0 Å². The van der Waals surface area contributed by atoms with E-state index in [1.165, 1.54) is 131 Å². The van der Waals surface area contributed by atoms with E-state index in [4.69, 9.17) is 0 Å². The van der Waals surface area contributed by atoms with Gasteiger partial charge in [0.15, 0.2) is 0 Å². The molecule has 0 amide bonds. The summed E-state index contributed by atoms with van der Waals surface area (Å²) in [5.74, 6) is 0. The monoisotopic (exact) mass is 784 g/mol. The molecule has 0 atom stereocenters. The van der Waals surface area contributed by atoms with Gasteiger partial charge in [0.2, 0.25) is 0 Å². The van der Waals surface area contributed by atoms with E-state index in [9.17, 15) is 0 Å². The number of hydrogen-bond donors (Lipinski definition) is 0. The predicted octanol–water partition coefficient (Wildman–Crippen LogP) is 16.5. The maximum Gasteiger partial charge on any atom is 0.0547 e. The van der Waals surface area contributed by atoms with E-state index in [0.717, 1.165) is 0 Å². The SMILES string of the molecule is c1ccc2c(c1)ccc1c3ccccc3c(-n3c4ccccc4c4cc(-c5ccc6c(c5)c5ccccc5n6-c5cc6c7ccccc7ccc6c6ccccc56)ccc43)cc21. The van der Waals surface area contributed by atoms with Crippen LogP contribution in [0.3, 0.4) is 0 Å². The van der Waals surface area contributed by atoms with Gasteiger partial charge in [0.1, 0.15) is 0 Å². The summed E-state index contributed by atoms with van der Waals surface area (Å²) in [5, 5.41) is 20.2. The average molecular weight is 785 g/mol. The molecule has 0 saturated carbocycles. The molecule has 0 aliphatic carbocycles. The third kappa shape index (κ3) is 4.64. The quantitative estimate of drug-likeness (QED) is 0.158. The molecule has 12 aromatic carbocycles. The van der Waals surface area contributed by atoms with Crippen molar-refractivity contribution < 1.29 is 0 Å². The lowest BCUT2D eigenvalue weighted by atomic mass is 9.95. The Morgan fingerprint density at radius 2 is 0.532 bits per heavy atom. The van der Waals surface area contributed by atoms with E-state index in [1.807, 2.05) is 0 Å². The molecule has 0 N–H and O–H groups in total. The van der Waals surface area contributed by atoms with Crippen LogP contribution in [0.5, 0.6) is 0 Å². The minimum atomic E-state index is 1.20. The van der Waals surface area contributed by atoms with Gasteiger partial charge < -0.3 is 9.13 Å². The van der Waals surface area contributed by atoms with E-state index < -0.39 is 0 Å². The number of aromatic nitrogens is 2. The molecule has 0 radical (unpaired) electrons. The summed E-state index contributed by atoms with van der Waals surface area (Å²) < 4.78 is 4.98. The Balaban J connectivity index is 0.992. The van der Waals surface area contributed by atoms with Gasteiger partial charge in [-0.15, -0.1) is 0 Å². The number of benzene rings is 12. The molecule has 0 aliphatic rings. The third-order valence-electron chi connectivity index (χ3n) is 13.7. The Morgan fingerprint density at radius 1 is 0.194 bits per heavy atom. The molecule has 2 aromatic heterocycles. The zero-order valence-electron chi connectivity index (χ0n) is 33.7. The second-order valence-corrected chi connectivity index (χ2v) is 16.8. The van der Waals surface area contributed by atoms with Gasteiger partial charge in [0.25, 0.3) is 0 Å². The highest BCUT2D eigenvalue weighted by molar-refractivity contribution is 6.23. The molecule has 14 rings (SSSR count). The Labute approximate surface area is 356 Å². The topological polar surface area (TPSA) is 9.86 Å². The minimum Gasteiger partial charge on any atom is -0.309 e. The zero-order valence-corrected chi connectivity index (χ0v) is 33.7. The molecule has 0 bridgehead atoms. The predicted molar refractivity (Wildman–Crippen MR) is 266 cm³/mol. The number of hydrogen-bond acceptors (Lipinski definition) is 0. The summed E-state index contributed by atoms with van der Waals surface area (Å²) in [7, 11) is 0. The van der Waals surface area contributed by atoms with Gasteiger partial charge in [-0.1, -0.05) is 170 Å². The van der Waals surface area contributed by atoms with Crippen LogP contribution < -0.4 is 0 Å². The Morgan fingerprint density at radius 3 is 0.984 bits per heavy atom. The first-order valence-electron chi connectivity index (χ1n) is 21.5. The van der Waals surface area contributed by atoms with E-state index in [-0.39, 0.29) is 0 Å². The highest BCUT2D eigenvalue weighted by Crippen LogP contribution is 2.43. The van der Waals surface area contributed by atoms with Crippen LogP contribution in [-0.4, -0.2) is 9.13 Å². The van der Waals surface area contributed by atoms with Gasteiger partial charge in [-0.25, -0.2) is 0 Å². The molecule has 62 heavy (non-hydrogen) atoms. The molecule has 286 valence electrons. The molecular weight excluding hydrogens is 749 g/mol. The minimum absolute atomic E-state index is 1.20. The van der Waals surface area contributed by atoms with Gasteiger partial charge in [-0.05, 0) is 114 Å². The Bertz CT molecular complexity index is 3940. The van der Waals surface area contributed by atoms with Gasteiger partial charge in [-0.2, -0.15) is 0 Å². The van der Waals surface area contributed by atoms with Crippen LogP contribution in [0.2, 0.25) is 0 Å². The van der Waals surface area contributed by atoms with Crippen LogP contribution in [0, 0.1) is 0 Å². The average Bonchev–Trinajstić information content (AvgIpc) is 3.85. The highest BCUT2D eigenvalue weighted by atomic mass is 15.0. The van der Waals surface area contributed by atoms with Crippen molar-refractivity contribution in [2.75, 3.05) is 0 Å². The highest BCUT2D eigenvalue weighted by Gasteiger charge is 2.20. The van der Waals surface area contributed by atoms with Crippen LogP contribution >= 0.6 is 0 Å². The first-order chi connectivity index (χ1) is 30.8. The molecule has 0 spiro atoms. The van der Waals surface area contributed by atoms with Gasteiger partial charge in [0, 0.05) is 32.3 Å². The molecule has 0 saturated heterocycles. The third-order valence-corrected chi connectivity index (χ3v) is 13.7. The number of rotatable bonds is 3. The van der Waals surface area contributed by atoms with Crippen LogP contribution in [-0.2, 0) is 0 Å². The maximum absolute atomic E-state index is 2.49. The summed E-state index contributed by atoms with van der Waals surface area (Å²) in [5.41, 5.74) is 9.63. The summed E-state index contributed by atoms with van der Waals surface area (Å²) in [6.45, 7) is 0. The molecule has 0 unspecified atom stereocenters. The Hall–Kier alpha value is -8.20. The lowest BCUT2D eigenvalue weighted by Crippen LogP contribution is -1.97. The maximum atomic E-state index is 2.49. The van der Waals surface area contributed by atoms with E-state index in [1.54, 1.807) is 0 Å². The largest absolute Gasteiger partial charge is 0.309 e. The van der Waals surface area contributed by atoms with Gasteiger partial charge >= 0.3 is 0 Å². The second kappa shape index (κ2) is 12.7. The van der Waals surface area contributed by atoms with E-state index in [2.05, 4.69) is 228 Å². The standard InChI is InChI=1S/C60H36N2/c1-3-15-41-37(13-1)25-29-45-43-17-5-7-19-47(43)59(35-51(41)45)61-55-23-11-9-21-49(55)53-33-39(27-31-57(53)61)40-28-32-58-54(34-40)50-22-10-12-24-56(50)62(58)60-36-52-42-16-4-2-14-38(42)26-30-46(52)44-18-6-8-20-48(44)60/h1-36H. The molecule has 0 aliphatic heterocycles. The van der Waals surface area contributed by atoms with Crippen LogP contribution in [0.25, 0.3) is 131 Å². The molecular formula is C60H36N2. The number of para-hydroxylation sites is 2. The van der Waals surface area contributed by atoms with Crippen molar-refractivity contribution in [2.45, 2.75) is 0 Å². The zero-order chi connectivity index (χ0) is 40.5. The van der Waals surface area contributed by atoms with Crippen molar-refractivity contribution in [3.05, 3.63) is 218 Å². The fourth-order valence-electron chi connectivity index (χ4n) is 10.9. The number of fused-ring (bicyclic) bond motifs is 16. The summed E-state index contributed by atoms with van der Waals surface area (Å²) in [4.78, 5) is 0. The first-order valence-corrected chi connectivity index (χ1v) is 21.5. The molecule has 14 aromatic rings. The van der Waals surface area contributed by atoms with E-state index in [0.29, 0.717) is 0 Å². The van der Waals surface area contributed by atoms with E-state index >= 15 is 0 Å².